The number of likely N-dealkylation sites (tertiary alicyclic amines) is 1. The number of guanidine groups is 1. The van der Waals surface area contributed by atoms with Crippen molar-refractivity contribution in [3.63, 3.8) is 0 Å². The molecule has 2 saturated heterocycles. The number of aromatic nitrogens is 1. The van der Waals surface area contributed by atoms with E-state index in [1.165, 1.54) is 18.4 Å². The molecule has 3 heterocycles. The Morgan fingerprint density at radius 3 is 2.89 bits per heavy atom. The van der Waals surface area contributed by atoms with E-state index in [0.717, 1.165) is 63.8 Å². The van der Waals surface area contributed by atoms with Gasteiger partial charge in [-0.05, 0) is 57.6 Å². The van der Waals surface area contributed by atoms with Crippen molar-refractivity contribution in [3.8, 4) is 0 Å². The summed E-state index contributed by atoms with van der Waals surface area (Å²) in [6.45, 7) is 9.28. The van der Waals surface area contributed by atoms with Gasteiger partial charge in [0.1, 0.15) is 0 Å². The van der Waals surface area contributed by atoms with E-state index in [1.54, 1.807) is 0 Å². The summed E-state index contributed by atoms with van der Waals surface area (Å²) in [5, 5.41) is 3.43. The average molecular weight is 375 g/mol. The lowest BCUT2D eigenvalue weighted by molar-refractivity contribution is -0.0721. The topological polar surface area (TPSA) is 59.0 Å². The Hall–Kier alpha value is -1.66. The van der Waals surface area contributed by atoms with Crippen LogP contribution in [0.4, 0.5) is 0 Å². The average Bonchev–Trinajstić information content (AvgIpc) is 2.72. The fourth-order valence-electron chi connectivity index (χ4n) is 3.68. The molecule has 6 nitrogen and oxygen atoms in total. The molecule has 6 heteroatoms. The predicted molar refractivity (Wildman–Crippen MR) is 108 cm³/mol. The number of hydrogen-bond acceptors (Lipinski definition) is 4. The maximum atomic E-state index is 6.13. The van der Waals surface area contributed by atoms with E-state index >= 15 is 0 Å². The zero-order chi connectivity index (χ0) is 18.9. The highest BCUT2D eigenvalue weighted by atomic mass is 16.5. The summed E-state index contributed by atoms with van der Waals surface area (Å²) in [5.41, 5.74) is 2.23. The maximum absolute atomic E-state index is 6.13. The molecule has 1 aromatic rings. The molecule has 0 spiro atoms. The Kier molecular flexibility index (Phi) is 7.90. The number of pyridine rings is 1. The summed E-state index contributed by atoms with van der Waals surface area (Å²) in [7, 11) is 0. The third-order valence-electron chi connectivity index (χ3n) is 5.36. The molecule has 150 valence electrons. The van der Waals surface area contributed by atoms with Crippen molar-refractivity contribution >= 4 is 5.96 Å². The van der Waals surface area contributed by atoms with Crippen LogP contribution >= 0.6 is 0 Å². The number of aryl methyl sites for hydroxylation is 1. The van der Waals surface area contributed by atoms with Crippen molar-refractivity contribution < 1.29 is 9.47 Å². The van der Waals surface area contributed by atoms with Crippen molar-refractivity contribution in [3.05, 3.63) is 29.6 Å². The standard InChI is InChI=1S/C21H34N4O2/c1-3-22-21(24-15-20-17(2)7-6-11-23-20)25-12-9-18(10-13-25)27-16-19-8-4-5-14-26-19/h6-7,11,18-19H,3-5,8-10,12-16H2,1-2H3,(H,22,24). The van der Waals surface area contributed by atoms with Crippen LogP contribution in [0.15, 0.2) is 23.3 Å². The molecule has 2 aliphatic heterocycles. The SMILES string of the molecule is CCNC(=NCc1ncccc1C)N1CCC(OCC2CCCCO2)CC1. The summed E-state index contributed by atoms with van der Waals surface area (Å²) in [4.78, 5) is 11.6. The van der Waals surface area contributed by atoms with Crippen LogP contribution in [0.25, 0.3) is 0 Å². The number of ether oxygens (including phenoxy) is 2. The molecule has 1 aromatic heterocycles. The van der Waals surface area contributed by atoms with Gasteiger partial charge in [-0.3, -0.25) is 4.98 Å². The zero-order valence-corrected chi connectivity index (χ0v) is 16.8. The number of rotatable bonds is 6. The van der Waals surface area contributed by atoms with Crippen molar-refractivity contribution in [2.24, 2.45) is 4.99 Å². The number of nitrogens with zero attached hydrogens (tertiary/aromatic N) is 3. The lowest BCUT2D eigenvalue weighted by Gasteiger charge is -2.35. The summed E-state index contributed by atoms with van der Waals surface area (Å²) >= 11 is 0. The molecule has 0 saturated carbocycles. The largest absolute Gasteiger partial charge is 0.376 e. The fourth-order valence-corrected chi connectivity index (χ4v) is 3.68. The summed E-state index contributed by atoms with van der Waals surface area (Å²) < 4.78 is 11.9. The van der Waals surface area contributed by atoms with Gasteiger partial charge in [0.05, 0.1) is 31.1 Å². The summed E-state index contributed by atoms with van der Waals surface area (Å²) in [6, 6.07) is 4.06. The zero-order valence-electron chi connectivity index (χ0n) is 16.8. The van der Waals surface area contributed by atoms with Crippen LogP contribution in [0.5, 0.6) is 0 Å². The first-order valence-electron chi connectivity index (χ1n) is 10.4. The minimum Gasteiger partial charge on any atom is -0.376 e. The van der Waals surface area contributed by atoms with Gasteiger partial charge in [0.2, 0.25) is 0 Å². The van der Waals surface area contributed by atoms with E-state index in [-0.39, 0.29) is 0 Å². The van der Waals surface area contributed by atoms with Crippen LogP contribution in [-0.4, -0.2) is 60.9 Å². The third-order valence-corrected chi connectivity index (χ3v) is 5.36. The highest BCUT2D eigenvalue weighted by Gasteiger charge is 2.23. The molecule has 1 N–H and O–H groups in total. The second-order valence-electron chi connectivity index (χ2n) is 7.45. The monoisotopic (exact) mass is 374 g/mol. The molecule has 0 radical (unpaired) electrons. The Labute approximate surface area is 163 Å². The lowest BCUT2D eigenvalue weighted by atomic mass is 10.1. The molecule has 2 aliphatic rings. The van der Waals surface area contributed by atoms with Crippen LogP contribution in [-0.2, 0) is 16.0 Å². The first-order chi connectivity index (χ1) is 13.3. The first kappa shape index (κ1) is 20.1. The molecule has 3 rings (SSSR count). The van der Waals surface area contributed by atoms with Crippen LogP contribution in [0.3, 0.4) is 0 Å². The summed E-state index contributed by atoms with van der Waals surface area (Å²) in [5.74, 6) is 0.983. The van der Waals surface area contributed by atoms with Crippen molar-refractivity contribution in [2.45, 2.75) is 64.7 Å². The highest BCUT2D eigenvalue weighted by molar-refractivity contribution is 5.80. The quantitative estimate of drug-likeness (QED) is 0.613. The van der Waals surface area contributed by atoms with Crippen LogP contribution < -0.4 is 5.32 Å². The van der Waals surface area contributed by atoms with E-state index in [9.17, 15) is 0 Å². The molecular weight excluding hydrogens is 340 g/mol. The molecule has 27 heavy (non-hydrogen) atoms. The van der Waals surface area contributed by atoms with E-state index in [1.807, 2.05) is 12.3 Å². The number of hydrogen-bond donors (Lipinski definition) is 1. The van der Waals surface area contributed by atoms with E-state index in [2.05, 4.69) is 35.1 Å². The second-order valence-corrected chi connectivity index (χ2v) is 7.45. The van der Waals surface area contributed by atoms with Crippen molar-refractivity contribution in [1.82, 2.24) is 15.2 Å². The van der Waals surface area contributed by atoms with Crippen LogP contribution in [0, 0.1) is 6.92 Å². The van der Waals surface area contributed by atoms with Gasteiger partial charge in [0, 0.05) is 32.4 Å². The number of aliphatic imine (C=N–C) groups is 1. The van der Waals surface area contributed by atoms with Gasteiger partial charge in [-0.15, -0.1) is 0 Å². The summed E-state index contributed by atoms with van der Waals surface area (Å²) in [6.07, 6.45) is 8.17. The molecule has 0 aliphatic carbocycles. The minimum absolute atomic E-state index is 0.303. The number of nitrogens with one attached hydrogen (secondary N) is 1. The first-order valence-corrected chi connectivity index (χ1v) is 10.4. The lowest BCUT2D eigenvalue weighted by Crippen LogP contribution is -2.47. The van der Waals surface area contributed by atoms with E-state index < -0.39 is 0 Å². The van der Waals surface area contributed by atoms with Gasteiger partial charge in [-0.1, -0.05) is 6.07 Å². The van der Waals surface area contributed by atoms with E-state index in [0.29, 0.717) is 18.8 Å². The van der Waals surface area contributed by atoms with Crippen LogP contribution in [0.1, 0.15) is 50.3 Å². The molecule has 1 atom stereocenters. The molecule has 2 fully saturated rings. The minimum atomic E-state index is 0.303. The van der Waals surface area contributed by atoms with Gasteiger partial charge in [0.25, 0.3) is 0 Å². The van der Waals surface area contributed by atoms with Crippen molar-refractivity contribution in [2.75, 3.05) is 32.8 Å². The molecule has 0 amide bonds. The Morgan fingerprint density at radius 2 is 2.19 bits per heavy atom. The predicted octanol–water partition coefficient (Wildman–Crippen LogP) is 2.91. The van der Waals surface area contributed by atoms with Gasteiger partial charge in [0.15, 0.2) is 5.96 Å². The maximum Gasteiger partial charge on any atom is 0.194 e. The third kappa shape index (κ3) is 6.18. The molecule has 0 bridgehead atoms. The van der Waals surface area contributed by atoms with Crippen molar-refractivity contribution in [1.29, 1.82) is 0 Å². The van der Waals surface area contributed by atoms with Gasteiger partial charge < -0.3 is 19.7 Å². The smallest absolute Gasteiger partial charge is 0.194 e. The highest BCUT2D eigenvalue weighted by Crippen LogP contribution is 2.18. The fraction of sp³-hybridized carbons (Fsp3) is 0.714. The molecule has 0 aromatic carbocycles. The Balaban J connectivity index is 1.47. The van der Waals surface area contributed by atoms with Gasteiger partial charge in [-0.25, -0.2) is 4.99 Å². The normalized spacial score (nSPS) is 22.1. The van der Waals surface area contributed by atoms with Gasteiger partial charge >= 0.3 is 0 Å². The molecular formula is C21H34N4O2. The second kappa shape index (κ2) is 10.6. The Bertz CT molecular complexity index is 594. The van der Waals surface area contributed by atoms with Gasteiger partial charge in [-0.2, -0.15) is 0 Å². The van der Waals surface area contributed by atoms with Crippen LogP contribution in [0.2, 0.25) is 0 Å². The molecule has 1 unspecified atom stereocenters. The number of piperidine rings is 1. The van der Waals surface area contributed by atoms with E-state index in [4.69, 9.17) is 14.5 Å². The Morgan fingerprint density at radius 1 is 1.33 bits per heavy atom.